The van der Waals surface area contributed by atoms with Crippen LogP contribution in [0.25, 0.3) is 0 Å². The maximum Gasteiger partial charge on any atom is 0.407 e. The van der Waals surface area contributed by atoms with Crippen molar-refractivity contribution in [3.8, 4) is 0 Å². The molecule has 28 heteroatoms. The number of ether oxygens (including phenoxy) is 14. The smallest absolute Gasteiger partial charge is 0.407 e. The van der Waals surface area contributed by atoms with Crippen molar-refractivity contribution in [2.75, 3.05) is 119 Å². The fourth-order valence-electron chi connectivity index (χ4n) is 6.32. The molecule has 2 amide bonds. The summed E-state index contributed by atoms with van der Waals surface area (Å²) < 4.78 is 75.6. The second-order valence-electron chi connectivity index (χ2n) is 18.5. The van der Waals surface area contributed by atoms with Gasteiger partial charge < -0.3 is 76.9 Å². The van der Waals surface area contributed by atoms with Crippen LogP contribution in [-0.2, 0) is 114 Å². The van der Waals surface area contributed by atoms with E-state index in [2.05, 4.69) is 76.4 Å². The minimum atomic E-state index is -1.67. The van der Waals surface area contributed by atoms with Crippen LogP contribution in [0.3, 0.4) is 0 Å². The molecule has 2 N–H and O–H groups in total. The van der Waals surface area contributed by atoms with Crippen LogP contribution in [-0.4, -0.2) is 191 Å². The van der Waals surface area contributed by atoms with Gasteiger partial charge in [-0.3, -0.25) is 0 Å². The number of carbonyl (C=O) groups excluding carboxylic acids is 12. The van der Waals surface area contributed by atoms with Gasteiger partial charge in [0.15, 0.2) is 0 Å². The molecule has 0 aliphatic rings. The van der Waals surface area contributed by atoms with Crippen molar-refractivity contribution in [2.45, 2.75) is 25.7 Å². The first-order valence-electron chi connectivity index (χ1n) is 25.9. The monoisotopic (exact) mass is 1220 g/mol. The van der Waals surface area contributed by atoms with Crippen LogP contribution >= 0.6 is 0 Å². The zero-order chi connectivity index (χ0) is 64.9. The molecule has 0 rings (SSSR count). The molecule has 0 radical (unpaired) electrons. The third kappa shape index (κ3) is 33.6. The van der Waals surface area contributed by atoms with Crippen molar-refractivity contribution < 1.29 is 124 Å². The number of rotatable bonds is 49. The molecule has 0 aromatic rings. The zero-order valence-electron chi connectivity index (χ0n) is 48.0. The van der Waals surface area contributed by atoms with Gasteiger partial charge in [-0.1, -0.05) is 78.6 Å². The van der Waals surface area contributed by atoms with E-state index in [9.17, 15) is 57.5 Å². The van der Waals surface area contributed by atoms with E-state index in [0.29, 0.717) is 25.7 Å². The molecule has 0 aliphatic carbocycles. The molecule has 28 nitrogen and oxygen atoms in total. The van der Waals surface area contributed by atoms with Gasteiger partial charge in [0, 0.05) is 73.8 Å². The molecule has 0 spiro atoms. The van der Waals surface area contributed by atoms with E-state index in [1.165, 1.54) is 0 Å². The van der Waals surface area contributed by atoms with Gasteiger partial charge in [-0.15, -0.1) is 0 Å². The summed E-state index contributed by atoms with van der Waals surface area (Å²) in [6.07, 6.45) is 8.39. The minimum Gasteiger partial charge on any atom is -0.462 e. The highest BCUT2D eigenvalue weighted by atomic mass is 16.6. The fourth-order valence-corrected chi connectivity index (χ4v) is 6.32. The minimum absolute atomic E-state index is 0.0750. The van der Waals surface area contributed by atoms with Crippen LogP contribution < -0.4 is 10.6 Å². The van der Waals surface area contributed by atoms with E-state index in [0.717, 1.165) is 60.8 Å². The molecular weight excluding hydrogens is 1140 g/mol. The van der Waals surface area contributed by atoms with E-state index in [1.807, 2.05) is 0 Å². The van der Waals surface area contributed by atoms with Gasteiger partial charge in [0.2, 0.25) is 0 Å². The first kappa shape index (κ1) is 76.6. The summed E-state index contributed by atoms with van der Waals surface area (Å²) in [7, 11) is 0. The highest BCUT2D eigenvalue weighted by molar-refractivity contribution is 5.84. The standard InChI is InChI=1S/C58H76N2O26/c1-11-43(61)75-31-55(32-76-44(62)12-2,33-77-45(63)13-3)27-73-29-57(37-81-49(67)17-7,38-82-50(68)18-8)41-85-53(71)59-25-23-21-22-24-26-60-54(72)86-42-58(39-83-51(69)19-9,40-84-52(70)20-10)30-74-28-56(34-78-46(64)14-4,35-79-47(65)15-5)36-80-48(66)16-6/h11-20H,1-10,21-42H2,(H,59,71)(H,60,72). The fraction of sp³-hybridized carbons (Fsp3) is 0.448. The molecule has 0 atom stereocenters. The van der Waals surface area contributed by atoms with Gasteiger partial charge >= 0.3 is 71.9 Å². The van der Waals surface area contributed by atoms with E-state index < -0.39 is 199 Å². The summed E-state index contributed by atoms with van der Waals surface area (Å²) in [4.78, 5) is 148. The number of carbonyl (C=O) groups is 12. The van der Waals surface area contributed by atoms with Gasteiger partial charge in [-0.05, 0) is 12.8 Å². The molecular formula is C58H76N2O26. The maximum absolute atomic E-state index is 13.1. The summed E-state index contributed by atoms with van der Waals surface area (Å²) in [6.45, 7) is 24.4. The van der Waals surface area contributed by atoms with Gasteiger partial charge in [0.25, 0.3) is 0 Å². The zero-order valence-corrected chi connectivity index (χ0v) is 48.0. The topological polar surface area (TPSA) is 358 Å². The van der Waals surface area contributed by atoms with Gasteiger partial charge in [-0.2, -0.15) is 0 Å². The van der Waals surface area contributed by atoms with E-state index in [1.54, 1.807) is 0 Å². The number of amides is 2. The second kappa shape index (κ2) is 43.2. The highest BCUT2D eigenvalue weighted by Gasteiger charge is 2.42. The lowest BCUT2D eigenvalue weighted by molar-refractivity contribution is -0.170. The first-order chi connectivity index (χ1) is 41.0. The predicted octanol–water partition coefficient (Wildman–Crippen LogP) is 3.27. The van der Waals surface area contributed by atoms with Crippen LogP contribution in [0.5, 0.6) is 0 Å². The molecule has 0 saturated heterocycles. The average molecular weight is 1220 g/mol. The first-order valence-corrected chi connectivity index (χ1v) is 25.9. The summed E-state index contributed by atoms with van der Waals surface area (Å²) >= 11 is 0. The van der Waals surface area contributed by atoms with Gasteiger partial charge in [-0.25, -0.2) is 57.5 Å². The molecule has 0 aliphatic heterocycles. The van der Waals surface area contributed by atoms with Crippen molar-refractivity contribution in [3.05, 3.63) is 127 Å². The number of hydrogen-bond donors (Lipinski definition) is 2. The highest BCUT2D eigenvalue weighted by Crippen LogP contribution is 2.28. The number of esters is 10. The molecule has 0 aromatic carbocycles. The number of alkyl carbamates (subject to hydrolysis) is 2. The number of unbranched alkanes of at least 4 members (excludes halogenated alkanes) is 3. The van der Waals surface area contributed by atoms with Gasteiger partial charge in [0.1, 0.15) is 79.3 Å². The Morgan fingerprint density at radius 1 is 0.233 bits per heavy atom. The number of nitrogens with one attached hydrogen (secondary N) is 2. The predicted molar refractivity (Wildman–Crippen MR) is 300 cm³/mol. The Labute approximate surface area is 497 Å². The molecule has 0 fully saturated rings. The third-order valence-corrected chi connectivity index (χ3v) is 11.2. The van der Waals surface area contributed by atoms with E-state index >= 15 is 0 Å². The van der Waals surface area contributed by atoms with Crippen molar-refractivity contribution in [2.24, 2.45) is 21.7 Å². The van der Waals surface area contributed by atoms with Crippen LogP contribution in [0.2, 0.25) is 0 Å². The molecule has 0 unspecified atom stereocenters. The molecule has 86 heavy (non-hydrogen) atoms. The van der Waals surface area contributed by atoms with Crippen molar-refractivity contribution in [3.63, 3.8) is 0 Å². The third-order valence-electron chi connectivity index (χ3n) is 11.2. The Morgan fingerprint density at radius 2 is 0.384 bits per heavy atom. The lowest BCUT2D eigenvalue weighted by atomic mass is 9.90. The lowest BCUT2D eigenvalue weighted by Gasteiger charge is -2.35. The Morgan fingerprint density at radius 3 is 0.535 bits per heavy atom. The maximum atomic E-state index is 13.1. The Hall–Kier alpha value is -9.44. The Balaban J connectivity index is 6.13. The molecule has 0 bridgehead atoms. The van der Waals surface area contributed by atoms with Crippen LogP contribution in [0.4, 0.5) is 9.59 Å². The van der Waals surface area contributed by atoms with Crippen LogP contribution in [0.15, 0.2) is 127 Å². The SMILES string of the molecule is C=CC(=O)OCC(COCC(COC(=O)C=C)(COC(=O)C=C)COC(=O)NCCCCCCNC(=O)OCC(COCC(COC(=O)C=C)(COC(=O)C=C)COC(=O)C=C)(COC(=O)C=C)COC(=O)C=C)(COC(=O)C=C)COC(=O)C=C. The van der Waals surface area contributed by atoms with Gasteiger partial charge in [0.05, 0.1) is 48.1 Å². The number of hydrogen-bond acceptors (Lipinski definition) is 26. The van der Waals surface area contributed by atoms with Crippen molar-refractivity contribution >= 4 is 71.9 Å². The summed E-state index contributed by atoms with van der Waals surface area (Å²) in [5.74, 6) is -9.06. The summed E-state index contributed by atoms with van der Waals surface area (Å²) in [5.41, 5.74) is -6.56. The molecule has 0 aromatic heterocycles. The molecule has 0 saturated carbocycles. The normalized spacial score (nSPS) is 10.8. The van der Waals surface area contributed by atoms with Crippen molar-refractivity contribution in [1.29, 1.82) is 0 Å². The second-order valence-corrected chi connectivity index (χ2v) is 18.5. The lowest BCUT2D eigenvalue weighted by Crippen LogP contribution is -2.47. The molecule has 0 heterocycles. The van der Waals surface area contributed by atoms with Crippen molar-refractivity contribution in [1.82, 2.24) is 10.6 Å². The average Bonchev–Trinajstić information content (AvgIpc) is 3.38. The van der Waals surface area contributed by atoms with E-state index in [4.69, 9.17) is 66.3 Å². The largest absolute Gasteiger partial charge is 0.462 e. The summed E-state index contributed by atoms with van der Waals surface area (Å²) in [6, 6.07) is 0. The van der Waals surface area contributed by atoms with Crippen LogP contribution in [0, 0.1) is 21.7 Å². The Kier molecular flexibility index (Phi) is 38.5. The van der Waals surface area contributed by atoms with E-state index in [-0.39, 0.29) is 13.1 Å². The van der Waals surface area contributed by atoms with Crippen LogP contribution in [0.1, 0.15) is 25.7 Å². The quantitative estimate of drug-likeness (QED) is 0.0382. The molecule has 474 valence electrons. The summed E-state index contributed by atoms with van der Waals surface area (Å²) in [5, 5.41) is 5.13. The Bertz CT molecular complexity index is 2090.